The van der Waals surface area contributed by atoms with Crippen LogP contribution in [0, 0.1) is 18.3 Å². The van der Waals surface area contributed by atoms with E-state index in [-0.39, 0.29) is 0 Å². The lowest BCUT2D eigenvalue weighted by molar-refractivity contribution is 1.15. The summed E-state index contributed by atoms with van der Waals surface area (Å²) in [6.45, 7) is 1.81. The fraction of sp³-hybridized carbons (Fsp3) is 0.143. The van der Waals surface area contributed by atoms with Gasteiger partial charge in [0.25, 0.3) is 0 Å². The van der Waals surface area contributed by atoms with Crippen LogP contribution in [0.5, 0.6) is 0 Å². The van der Waals surface area contributed by atoms with Gasteiger partial charge in [0.15, 0.2) is 0 Å². The molecule has 0 aliphatic heterocycles. The van der Waals surface area contributed by atoms with Crippen LogP contribution in [0.4, 0.5) is 5.82 Å². The van der Waals surface area contributed by atoms with Gasteiger partial charge in [-0.2, -0.15) is 5.26 Å². The largest absolute Gasteiger partial charge is 0.308 e. The number of nitrogen functional groups attached to an aromatic ring is 1. The molecule has 4 heteroatoms. The maximum Gasteiger partial charge on any atom is 0.141 e. The van der Waals surface area contributed by atoms with Gasteiger partial charge in [-0.05, 0) is 19.1 Å². The average Bonchev–Trinajstić information content (AvgIpc) is 2.03. The minimum atomic E-state index is 0.515. The molecule has 4 nitrogen and oxygen atoms in total. The van der Waals surface area contributed by atoms with Crippen LogP contribution in [0.25, 0.3) is 0 Å². The molecule has 0 aromatic carbocycles. The van der Waals surface area contributed by atoms with Crippen LogP contribution in [-0.4, -0.2) is 4.98 Å². The molecule has 0 atom stereocenters. The van der Waals surface area contributed by atoms with Gasteiger partial charge in [0.1, 0.15) is 5.82 Å². The second-order valence-corrected chi connectivity index (χ2v) is 2.14. The van der Waals surface area contributed by atoms with Gasteiger partial charge in [-0.1, -0.05) is 0 Å². The highest BCUT2D eigenvalue weighted by molar-refractivity contribution is 5.43. The molecule has 0 fully saturated rings. The molecule has 0 spiro atoms. The lowest BCUT2D eigenvalue weighted by Crippen LogP contribution is -2.09. The zero-order chi connectivity index (χ0) is 8.27. The normalized spacial score (nSPS) is 8.82. The van der Waals surface area contributed by atoms with Crippen molar-refractivity contribution in [2.45, 2.75) is 6.92 Å². The molecule has 0 saturated heterocycles. The van der Waals surface area contributed by atoms with Gasteiger partial charge in [-0.15, -0.1) is 0 Å². The predicted octanol–water partition coefficient (Wildman–Crippen LogP) is 0.547. The fourth-order valence-corrected chi connectivity index (χ4v) is 0.807. The molecule has 0 aliphatic carbocycles. The molecule has 1 aromatic heterocycles. The van der Waals surface area contributed by atoms with Crippen LogP contribution in [0.3, 0.4) is 0 Å². The highest BCUT2D eigenvalue weighted by Gasteiger charge is 1.96. The van der Waals surface area contributed by atoms with Crippen molar-refractivity contribution >= 4 is 5.82 Å². The summed E-state index contributed by atoms with van der Waals surface area (Å²) in [5, 5.41) is 8.54. The number of aromatic nitrogens is 1. The number of nitrogens with one attached hydrogen (secondary N) is 1. The first kappa shape index (κ1) is 7.51. The van der Waals surface area contributed by atoms with Crippen LogP contribution in [0.15, 0.2) is 12.1 Å². The molecule has 0 aliphatic rings. The topological polar surface area (TPSA) is 74.7 Å². The smallest absolute Gasteiger partial charge is 0.141 e. The number of aryl methyl sites for hydroxylation is 1. The standard InChI is InChI=1S/C7H8N4/c1-5-2-6(4-8)3-7(10-5)11-9/h2-3H,9H2,1H3,(H,10,11). The first-order chi connectivity index (χ1) is 5.26. The summed E-state index contributed by atoms with van der Waals surface area (Å²) in [5.41, 5.74) is 3.72. The number of anilines is 1. The molecular formula is C7H8N4. The maximum absolute atomic E-state index is 8.54. The zero-order valence-electron chi connectivity index (χ0n) is 6.13. The quantitative estimate of drug-likeness (QED) is 0.450. The molecule has 11 heavy (non-hydrogen) atoms. The third-order valence-corrected chi connectivity index (χ3v) is 1.23. The van der Waals surface area contributed by atoms with Gasteiger partial charge < -0.3 is 5.43 Å². The summed E-state index contributed by atoms with van der Waals surface area (Å²) in [6, 6.07) is 5.29. The Morgan fingerprint density at radius 3 is 2.91 bits per heavy atom. The van der Waals surface area contributed by atoms with Crippen molar-refractivity contribution in [2.75, 3.05) is 5.43 Å². The predicted molar refractivity (Wildman–Crippen MR) is 41.5 cm³/mol. The minimum Gasteiger partial charge on any atom is -0.308 e. The van der Waals surface area contributed by atoms with E-state index in [1.54, 1.807) is 12.1 Å². The van der Waals surface area contributed by atoms with Gasteiger partial charge in [0, 0.05) is 5.69 Å². The van der Waals surface area contributed by atoms with E-state index < -0.39 is 0 Å². The number of hydrogen-bond donors (Lipinski definition) is 2. The Balaban J connectivity index is 3.15. The van der Waals surface area contributed by atoms with Crippen molar-refractivity contribution in [1.29, 1.82) is 5.26 Å². The van der Waals surface area contributed by atoms with Gasteiger partial charge in [-0.3, -0.25) is 0 Å². The summed E-state index contributed by atoms with van der Waals surface area (Å²) >= 11 is 0. The minimum absolute atomic E-state index is 0.515. The number of nitriles is 1. The highest BCUT2D eigenvalue weighted by atomic mass is 15.2. The van der Waals surface area contributed by atoms with Crippen LogP contribution in [-0.2, 0) is 0 Å². The Hall–Kier alpha value is -1.60. The average molecular weight is 148 g/mol. The van der Waals surface area contributed by atoms with Crippen LogP contribution in [0.1, 0.15) is 11.3 Å². The van der Waals surface area contributed by atoms with E-state index in [1.165, 1.54) is 0 Å². The van der Waals surface area contributed by atoms with Crippen LogP contribution in [0.2, 0.25) is 0 Å². The number of rotatable bonds is 1. The summed E-state index contributed by atoms with van der Waals surface area (Å²) in [5.74, 6) is 5.64. The second kappa shape index (κ2) is 2.99. The Morgan fingerprint density at radius 1 is 1.64 bits per heavy atom. The molecule has 1 aromatic rings. The number of hydrazine groups is 1. The zero-order valence-corrected chi connectivity index (χ0v) is 6.13. The molecule has 1 rings (SSSR count). The first-order valence-electron chi connectivity index (χ1n) is 3.11. The van der Waals surface area contributed by atoms with E-state index >= 15 is 0 Å². The monoisotopic (exact) mass is 148 g/mol. The summed E-state index contributed by atoms with van der Waals surface area (Å²) in [6.07, 6.45) is 0. The van der Waals surface area contributed by atoms with E-state index in [4.69, 9.17) is 11.1 Å². The van der Waals surface area contributed by atoms with E-state index in [2.05, 4.69) is 10.4 Å². The fourth-order valence-electron chi connectivity index (χ4n) is 0.807. The summed E-state index contributed by atoms with van der Waals surface area (Å²) < 4.78 is 0. The molecule has 0 unspecified atom stereocenters. The molecule has 0 bridgehead atoms. The molecule has 3 N–H and O–H groups in total. The molecule has 56 valence electrons. The SMILES string of the molecule is Cc1cc(C#N)cc(NN)n1. The number of pyridine rings is 1. The van der Waals surface area contributed by atoms with Gasteiger partial charge in [-0.25, -0.2) is 10.8 Å². The molecular weight excluding hydrogens is 140 g/mol. The second-order valence-electron chi connectivity index (χ2n) is 2.14. The van der Waals surface area contributed by atoms with E-state index in [9.17, 15) is 0 Å². The highest BCUT2D eigenvalue weighted by Crippen LogP contribution is 2.06. The van der Waals surface area contributed by atoms with E-state index in [0.717, 1.165) is 5.69 Å². The van der Waals surface area contributed by atoms with Crippen LogP contribution < -0.4 is 11.3 Å². The Bertz CT molecular complexity index is 300. The van der Waals surface area contributed by atoms with E-state index in [1.807, 2.05) is 13.0 Å². The first-order valence-corrected chi connectivity index (χ1v) is 3.11. The number of hydrogen-bond acceptors (Lipinski definition) is 4. The summed E-state index contributed by atoms with van der Waals surface area (Å²) in [7, 11) is 0. The van der Waals surface area contributed by atoms with Crippen molar-refractivity contribution in [1.82, 2.24) is 4.98 Å². The number of nitrogens with two attached hydrogens (primary N) is 1. The molecule has 0 amide bonds. The molecule has 0 saturated carbocycles. The number of nitrogens with zero attached hydrogens (tertiary/aromatic N) is 2. The van der Waals surface area contributed by atoms with Crippen molar-refractivity contribution in [3.63, 3.8) is 0 Å². The van der Waals surface area contributed by atoms with Crippen molar-refractivity contribution in [3.05, 3.63) is 23.4 Å². The summed E-state index contributed by atoms with van der Waals surface area (Å²) in [4.78, 5) is 4.01. The Labute approximate surface area is 64.6 Å². The van der Waals surface area contributed by atoms with Gasteiger partial charge in [0.05, 0.1) is 11.6 Å². The Kier molecular flexibility index (Phi) is 2.04. The lowest BCUT2D eigenvalue weighted by atomic mass is 10.2. The van der Waals surface area contributed by atoms with E-state index in [0.29, 0.717) is 11.4 Å². The maximum atomic E-state index is 8.54. The third-order valence-electron chi connectivity index (χ3n) is 1.23. The van der Waals surface area contributed by atoms with Gasteiger partial charge >= 0.3 is 0 Å². The van der Waals surface area contributed by atoms with Gasteiger partial charge in [0.2, 0.25) is 0 Å². The molecule has 0 radical (unpaired) electrons. The third kappa shape index (κ3) is 1.66. The van der Waals surface area contributed by atoms with Crippen LogP contribution >= 0.6 is 0 Å². The van der Waals surface area contributed by atoms with Crippen molar-refractivity contribution in [3.8, 4) is 6.07 Å². The van der Waals surface area contributed by atoms with Crippen molar-refractivity contribution < 1.29 is 0 Å². The lowest BCUT2D eigenvalue weighted by Gasteiger charge is -1.99. The van der Waals surface area contributed by atoms with Crippen molar-refractivity contribution in [2.24, 2.45) is 5.84 Å². The Morgan fingerprint density at radius 2 is 2.36 bits per heavy atom. The molecule has 1 heterocycles.